The van der Waals surface area contributed by atoms with Gasteiger partial charge in [-0.1, -0.05) is 44.2 Å². The number of benzene rings is 1. The van der Waals surface area contributed by atoms with Crippen molar-refractivity contribution < 1.29 is 19.2 Å². The van der Waals surface area contributed by atoms with E-state index in [9.17, 15) is 19.2 Å². The fraction of sp³-hybridized carbons (Fsp3) is 0.583. The summed E-state index contributed by atoms with van der Waals surface area (Å²) in [6, 6.07) is 8.68. The summed E-state index contributed by atoms with van der Waals surface area (Å²) in [5.41, 5.74) is 0.159. The van der Waals surface area contributed by atoms with Crippen molar-refractivity contribution in [3.8, 4) is 0 Å². The van der Waals surface area contributed by atoms with Gasteiger partial charge in [-0.25, -0.2) is 0 Å². The second-order valence-electron chi connectivity index (χ2n) is 9.25. The highest BCUT2D eigenvalue weighted by molar-refractivity contribution is 7.74. The third-order valence-electron chi connectivity index (χ3n) is 4.97. The maximum Gasteiger partial charge on any atom is 0.242 e. The summed E-state index contributed by atoms with van der Waals surface area (Å²) in [4.78, 5) is 49.7. The lowest BCUT2D eigenvalue weighted by Crippen LogP contribution is -2.51. The Hall–Kier alpha value is -2.51. The number of hydrogen-bond acceptors (Lipinski definition) is 5. The first-order valence-corrected chi connectivity index (χ1v) is 13.5. The molecule has 34 heavy (non-hydrogen) atoms. The second-order valence-corrected chi connectivity index (χ2v) is 11.4. The summed E-state index contributed by atoms with van der Waals surface area (Å²) in [6.07, 6.45) is 0.828. The molecule has 5 N–H and O–H groups in total. The van der Waals surface area contributed by atoms with Crippen molar-refractivity contribution in [3.05, 3.63) is 35.9 Å². The van der Waals surface area contributed by atoms with Crippen molar-refractivity contribution in [1.29, 1.82) is 0 Å². The number of rotatable bonds is 14. The van der Waals surface area contributed by atoms with Crippen LogP contribution in [0, 0.1) is 5.92 Å². The highest BCUT2D eigenvalue weighted by Crippen LogP contribution is 2.35. The Morgan fingerprint density at radius 2 is 1.62 bits per heavy atom. The van der Waals surface area contributed by atoms with Crippen LogP contribution in [0.15, 0.2) is 30.3 Å². The van der Waals surface area contributed by atoms with Crippen molar-refractivity contribution in [2.24, 2.45) is 5.92 Å². The highest BCUT2D eigenvalue weighted by atomic mass is 31.1. The minimum absolute atomic E-state index is 0.0642. The van der Waals surface area contributed by atoms with E-state index in [1.165, 1.54) is 0 Å². The van der Waals surface area contributed by atoms with Gasteiger partial charge < -0.3 is 26.6 Å². The molecule has 9 nitrogen and oxygen atoms in total. The molecule has 0 saturated carbocycles. The number of hydrogen-bond donors (Lipinski definition) is 5. The molecule has 1 aromatic carbocycles. The molecule has 190 valence electrons. The fourth-order valence-corrected chi connectivity index (χ4v) is 4.97. The smallest absolute Gasteiger partial charge is 0.242 e. The van der Waals surface area contributed by atoms with E-state index in [0.29, 0.717) is 25.7 Å². The van der Waals surface area contributed by atoms with Crippen LogP contribution in [0.5, 0.6) is 0 Å². The van der Waals surface area contributed by atoms with Crippen LogP contribution >= 0.6 is 7.92 Å². The summed E-state index contributed by atoms with van der Waals surface area (Å²) in [6.45, 7) is 10.0. The van der Waals surface area contributed by atoms with Crippen LogP contribution < -0.4 is 26.6 Å². The molecule has 0 heterocycles. The largest absolute Gasteiger partial charge is 0.353 e. The Morgan fingerprint density at radius 3 is 2.21 bits per heavy atom. The Bertz CT molecular complexity index is 817. The highest BCUT2D eigenvalue weighted by Gasteiger charge is 2.28. The number of carbonyl (C=O) groups is 4. The summed E-state index contributed by atoms with van der Waals surface area (Å²) >= 11 is 0. The van der Waals surface area contributed by atoms with Gasteiger partial charge in [-0.3, -0.25) is 19.2 Å². The van der Waals surface area contributed by atoms with E-state index >= 15 is 0 Å². The van der Waals surface area contributed by atoms with Crippen molar-refractivity contribution >= 4 is 31.3 Å². The molecule has 4 amide bonds. The SMILES string of the molecule is CNCCNC(=O)C(Cc1ccccc1)NC(=O)CNC(=O)P(C)CC(C)(C)NC(=O)C(C)C. The topological polar surface area (TPSA) is 128 Å². The lowest BCUT2D eigenvalue weighted by molar-refractivity contribution is -0.128. The third kappa shape index (κ3) is 11.6. The van der Waals surface area contributed by atoms with Crippen LogP contribution in [0.2, 0.25) is 0 Å². The van der Waals surface area contributed by atoms with E-state index in [4.69, 9.17) is 0 Å². The Morgan fingerprint density at radius 1 is 0.971 bits per heavy atom. The molecule has 0 aromatic heterocycles. The molecule has 0 saturated heterocycles. The van der Waals surface area contributed by atoms with Gasteiger partial charge >= 0.3 is 0 Å². The maximum atomic E-state index is 12.6. The van der Waals surface area contributed by atoms with Crippen molar-refractivity contribution in [2.75, 3.05) is 39.5 Å². The van der Waals surface area contributed by atoms with Gasteiger partial charge in [0.2, 0.25) is 23.4 Å². The Labute approximate surface area is 204 Å². The molecule has 0 aliphatic heterocycles. The molecule has 0 spiro atoms. The minimum Gasteiger partial charge on any atom is -0.353 e. The van der Waals surface area contributed by atoms with E-state index in [-0.39, 0.29) is 29.9 Å². The van der Waals surface area contributed by atoms with Crippen molar-refractivity contribution in [3.63, 3.8) is 0 Å². The average Bonchev–Trinajstić information content (AvgIpc) is 2.77. The second kappa shape index (κ2) is 14.7. The van der Waals surface area contributed by atoms with Crippen LogP contribution in [-0.4, -0.2) is 74.5 Å². The lowest BCUT2D eigenvalue weighted by atomic mass is 10.1. The first kappa shape index (κ1) is 29.5. The lowest BCUT2D eigenvalue weighted by Gasteiger charge is -2.29. The van der Waals surface area contributed by atoms with E-state index in [1.807, 2.05) is 64.7 Å². The van der Waals surface area contributed by atoms with E-state index in [1.54, 1.807) is 7.05 Å². The summed E-state index contributed by atoms with van der Waals surface area (Å²) in [5.74, 6) is -0.919. The minimum atomic E-state index is -1.12. The quantitative estimate of drug-likeness (QED) is 0.198. The monoisotopic (exact) mass is 493 g/mol. The average molecular weight is 494 g/mol. The Kier molecular flexibility index (Phi) is 12.8. The van der Waals surface area contributed by atoms with Crippen LogP contribution in [0.1, 0.15) is 33.3 Å². The molecule has 2 unspecified atom stereocenters. The summed E-state index contributed by atoms with van der Waals surface area (Å²) < 4.78 is 0. The summed E-state index contributed by atoms with van der Waals surface area (Å²) in [7, 11) is 0.668. The maximum absolute atomic E-state index is 12.6. The number of likely N-dealkylation sites (N-methyl/N-ethyl adjacent to an activating group) is 1. The van der Waals surface area contributed by atoms with Gasteiger partial charge in [0.25, 0.3) is 0 Å². The number of amides is 4. The first-order valence-electron chi connectivity index (χ1n) is 11.5. The predicted molar refractivity (Wildman–Crippen MR) is 137 cm³/mol. The molecule has 0 bridgehead atoms. The molecule has 0 radical (unpaired) electrons. The molecule has 0 fully saturated rings. The van der Waals surface area contributed by atoms with Crippen LogP contribution in [0.25, 0.3) is 0 Å². The fourth-order valence-electron chi connectivity index (χ4n) is 3.21. The van der Waals surface area contributed by atoms with Gasteiger partial charge in [0.05, 0.1) is 6.54 Å². The van der Waals surface area contributed by atoms with Crippen LogP contribution in [-0.2, 0) is 20.8 Å². The van der Waals surface area contributed by atoms with Gasteiger partial charge in [-0.2, -0.15) is 0 Å². The number of nitrogens with one attached hydrogen (secondary N) is 5. The number of carbonyl (C=O) groups excluding carboxylic acids is 4. The van der Waals surface area contributed by atoms with Gasteiger partial charge in [-0.15, -0.1) is 0 Å². The van der Waals surface area contributed by atoms with E-state index < -0.39 is 25.4 Å². The zero-order chi connectivity index (χ0) is 25.7. The molecule has 0 aliphatic rings. The first-order chi connectivity index (χ1) is 15.9. The van der Waals surface area contributed by atoms with E-state index in [2.05, 4.69) is 26.6 Å². The molecule has 2 atom stereocenters. The zero-order valence-electron chi connectivity index (χ0n) is 21.2. The van der Waals surface area contributed by atoms with Gasteiger partial charge in [0.1, 0.15) is 6.04 Å². The predicted octanol–water partition coefficient (Wildman–Crippen LogP) is 1.42. The zero-order valence-corrected chi connectivity index (χ0v) is 22.1. The molecular weight excluding hydrogens is 453 g/mol. The van der Waals surface area contributed by atoms with Crippen molar-refractivity contribution in [2.45, 2.75) is 45.7 Å². The van der Waals surface area contributed by atoms with Crippen LogP contribution in [0.4, 0.5) is 4.79 Å². The van der Waals surface area contributed by atoms with Crippen LogP contribution in [0.3, 0.4) is 0 Å². The van der Waals surface area contributed by atoms with Crippen molar-refractivity contribution in [1.82, 2.24) is 26.6 Å². The molecule has 1 aromatic rings. The standard InChI is InChI=1S/C24H40N5O4P/c1-17(2)21(31)29-24(3,4)16-34(6)23(33)27-15-20(30)28-19(22(32)26-13-12-25-5)14-18-10-8-7-9-11-18/h7-11,17,19,25H,12-16H2,1-6H3,(H,26,32)(H,27,33)(H,28,30)(H,29,31). The van der Waals surface area contributed by atoms with E-state index in [0.717, 1.165) is 5.56 Å². The Balaban J connectivity index is 2.64. The third-order valence-corrected chi connectivity index (χ3v) is 7.09. The molecule has 1 rings (SSSR count). The summed E-state index contributed by atoms with van der Waals surface area (Å²) in [5, 5.41) is 14.1. The molecule has 10 heteroatoms. The van der Waals surface area contributed by atoms with Gasteiger partial charge in [0.15, 0.2) is 0 Å². The molecule has 0 aliphatic carbocycles. The normalized spacial score (nSPS) is 13.0. The van der Waals surface area contributed by atoms with Gasteiger partial charge in [-0.05, 0) is 47.2 Å². The molecular formula is C24H40N5O4P. The van der Waals surface area contributed by atoms with Gasteiger partial charge in [0, 0.05) is 31.0 Å².